The van der Waals surface area contributed by atoms with Crippen molar-refractivity contribution in [1.29, 1.82) is 0 Å². The lowest BCUT2D eigenvalue weighted by Gasteiger charge is -2.25. The summed E-state index contributed by atoms with van der Waals surface area (Å²) in [6.07, 6.45) is 2.47. The average molecular weight is 253 g/mol. The third-order valence-corrected chi connectivity index (χ3v) is 3.74. The van der Waals surface area contributed by atoms with Crippen LogP contribution in [0.2, 0.25) is 0 Å². The molecule has 0 saturated heterocycles. The highest BCUT2D eigenvalue weighted by Crippen LogP contribution is 2.26. The van der Waals surface area contributed by atoms with Gasteiger partial charge in [0.05, 0.1) is 11.5 Å². The zero-order valence-corrected chi connectivity index (χ0v) is 11.7. The number of rotatable bonds is 8. The maximum atomic E-state index is 13.8. The molecule has 0 amide bonds. The van der Waals surface area contributed by atoms with Gasteiger partial charge < -0.3 is 5.11 Å². The molecule has 0 aliphatic carbocycles. The average Bonchev–Trinajstić information content (AvgIpc) is 2.23. The highest BCUT2D eigenvalue weighted by molar-refractivity contribution is 6.21. The molecule has 5 atom stereocenters. The molecule has 98 valence electrons. The second kappa shape index (κ2) is 8.30. The maximum Gasteiger partial charge on any atom is 0.121 e. The van der Waals surface area contributed by atoms with E-state index < -0.39 is 17.7 Å². The summed E-state index contributed by atoms with van der Waals surface area (Å²) in [6.45, 7) is 7.74. The van der Waals surface area contributed by atoms with Gasteiger partial charge in [-0.25, -0.2) is 4.39 Å². The van der Waals surface area contributed by atoms with Gasteiger partial charge >= 0.3 is 0 Å². The van der Waals surface area contributed by atoms with E-state index in [0.717, 1.165) is 12.8 Å². The molecule has 1 nitrogen and oxygen atoms in total. The summed E-state index contributed by atoms with van der Waals surface area (Å²) >= 11 is 5.82. The van der Waals surface area contributed by atoms with E-state index in [9.17, 15) is 9.50 Å². The number of alkyl halides is 2. The molecule has 0 aliphatic heterocycles. The molecule has 0 aliphatic rings. The Balaban J connectivity index is 3.98. The molecule has 0 aromatic carbocycles. The fourth-order valence-corrected chi connectivity index (χ4v) is 2.26. The zero-order valence-electron chi connectivity index (χ0n) is 10.9. The predicted octanol–water partition coefficient (Wildman–Crippen LogP) is 4.17. The minimum absolute atomic E-state index is 0.0797. The van der Waals surface area contributed by atoms with E-state index in [4.69, 9.17) is 11.6 Å². The van der Waals surface area contributed by atoms with Gasteiger partial charge in [0.2, 0.25) is 0 Å². The lowest BCUT2D eigenvalue weighted by atomic mass is 9.88. The summed E-state index contributed by atoms with van der Waals surface area (Å²) < 4.78 is 13.8. The SMILES string of the molecule is CCCCC(C)CC(C)C(F)C(Cl)C(C)O. The summed E-state index contributed by atoms with van der Waals surface area (Å²) in [6, 6.07) is 0. The van der Waals surface area contributed by atoms with Gasteiger partial charge in [-0.15, -0.1) is 11.6 Å². The summed E-state index contributed by atoms with van der Waals surface area (Å²) in [5.74, 6) is 0.454. The summed E-state index contributed by atoms with van der Waals surface area (Å²) in [4.78, 5) is 0. The van der Waals surface area contributed by atoms with Crippen LogP contribution in [0.25, 0.3) is 0 Å². The van der Waals surface area contributed by atoms with Gasteiger partial charge in [0.1, 0.15) is 6.17 Å². The quantitative estimate of drug-likeness (QED) is 0.643. The lowest BCUT2D eigenvalue weighted by molar-refractivity contribution is 0.114. The summed E-state index contributed by atoms with van der Waals surface area (Å²) in [5.41, 5.74) is 0. The number of halogens is 2. The van der Waals surface area contributed by atoms with Crippen LogP contribution in [0.5, 0.6) is 0 Å². The molecule has 0 radical (unpaired) electrons. The first-order valence-corrected chi connectivity index (χ1v) is 6.79. The van der Waals surface area contributed by atoms with Gasteiger partial charge in [0.25, 0.3) is 0 Å². The van der Waals surface area contributed by atoms with Crippen LogP contribution in [-0.2, 0) is 0 Å². The van der Waals surface area contributed by atoms with Crippen LogP contribution >= 0.6 is 11.6 Å². The van der Waals surface area contributed by atoms with Crippen molar-refractivity contribution < 1.29 is 9.50 Å². The van der Waals surface area contributed by atoms with Crippen LogP contribution in [0.3, 0.4) is 0 Å². The number of hydrogen-bond donors (Lipinski definition) is 1. The molecule has 0 saturated carbocycles. The van der Waals surface area contributed by atoms with Crippen LogP contribution in [0.4, 0.5) is 4.39 Å². The number of aliphatic hydroxyl groups is 1. The largest absolute Gasteiger partial charge is 0.392 e. The number of unbranched alkanes of at least 4 members (excludes halogenated alkanes) is 1. The zero-order chi connectivity index (χ0) is 12.7. The molecule has 5 unspecified atom stereocenters. The van der Waals surface area contributed by atoms with Crippen LogP contribution in [0.1, 0.15) is 53.4 Å². The van der Waals surface area contributed by atoms with Gasteiger partial charge in [-0.05, 0) is 25.2 Å². The Morgan fingerprint density at radius 1 is 1.25 bits per heavy atom. The standard InChI is InChI=1S/C13H26ClFO/c1-5-6-7-9(2)8-10(3)13(15)12(14)11(4)16/h9-13,16H,5-8H2,1-4H3. The Labute approximate surface area is 104 Å². The molecular weight excluding hydrogens is 227 g/mol. The van der Waals surface area contributed by atoms with Gasteiger partial charge in [-0.3, -0.25) is 0 Å². The Hall–Kier alpha value is 0.180. The highest BCUT2D eigenvalue weighted by atomic mass is 35.5. The van der Waals surface area contributed by atoms with Gasteiger partial charge in [0, 0.05) is 0 Å². The second-order valence-corrected chi connectivity index (χ2v) is 5.59. The third kappa shape index (κ3) is 6.05. The van der Waals surface area contributed by atoms with Crippen molar-refractivity contribution in [3.8, 4) is 0 Å². The molecule has 0 heterocycles. The van der Waals surface area contributed by atoms with E-state index in [2.05, 4.69) is 13.8 Å². The monoisotopic (exact) mass is 252 g/mol. The van der Waals surface area contributed by atoms with Gasteiger partial charge in [0.15, 0.2) is 0 Å². The minimum Gasteiger partial charge on any atom is -0.392 e. The highest BCUT2D eigenvalue weighted by Gasteiger charge is 2.29. The Bertz CT molecular complexity index is 175. The van der Waals surface area contributed by atoms with Gasteiger partial charge in [-0.1, -0.05) is 40.0 Å². The Morgan fingerprint density at radius 2 is 1.81 bits per heavy atom. The molecule has 1 N–H and O–H groups in total. The number of hydrogen-bond acceptors (Lipinski definition) is 1. The molecule has 0 aromatic rings. The van der Waals surface area contributed by atoms with Gasteiger partial charge in [-0.2, -0.15) is 0 Å². The fraction of sp³-hybridized carbons (Fsp3) is 1.00. The van der Waals surface area contributed by atoms with Crippen molar-refractivity contribution in [2.75, 3.05) is 0 Å². The molecule has 0 aromatic heterocycles. The molecule has 0 fully saturated rings. The predicted molar refractivity (Wildman–Crippen MR) is 68.7 cm³/mol. The molecule has 3 heteroatoms. The van der Waals surface area contributed by atoms with E-state index in [1.807, 2.05) is 6.92 Å². The van der Waals surface area contributed by atoms with Crippen LogP contribution in [0.15, 0.2) is 0 Å². The second-order valence-electron chi connectivity index (χ2n) is 5.09. The Kier molecular flexibility index (Phi) is 8.39. The first-order chi connectivity index (χ1) is 7.40. The van der Waals surface area contributed by atoms with Crippen molar-refractivity contribution in [1.82, 2.24) is 0 Å². The van der Waals surface area contributed by atoms with Crippen LogP contribution in [0, 0.1) is 11.8 Å². The van der Waals surface area contributed by atoms with Crippen LogP contribution < -0.4 is 0 Å². The first kappa shape index (κ1) is 16.2. The van der Waals surface area contributed by atoms with Crippen molar-refractivity contribution in [2.45, 2.75) is 71.0 Å². The summed E-state index contributed by atoms with van der Waals surface area (Å²) in [5, 5.41) is 8.46. The minimum atomic E-state index is -1.12. The Morgan fingerprint density at radius 3 is 2.25 bits per heavy atom. The van der Waals surface area contributed by atoms with Crippen LogP contribution in [-0.4, -0.2) is 22.8 Å². The molecule has 16 heavy (non-hydrogen) atoms. The lowest BCUT2D eigenvalue weighted by Crippen LogP contribution is -2.33. The molecular formula is C13H26ClFO. The van der Waals surface area contributed by atoms with E-state index in [1.165, 1.54) is 19.8 Å². The molecule has 0 bridgehead atoms. The van der Waals surface area contributed by atoms with Crippen molar-refractivity contribution in [2.24, 2.45) is 11.8 Å². The molecule has 0 spiro atoms. The van der Waals surface area contributed by atoms with Crippen molar-refractivity contribution >= 4 is 11.6 Å². The molecule has 0 rings (SSSR count). The van der Waals surface area contributed by atoms with E-state index in [-0.39, 0.29) is 5.92 Å². The first-order valence-electron chi connectivity index (χ1n) is 6.36. The summed E-state index contributed by atoms with van der Waals surface area (Å²) in [7, 11) is 0. The van der Waals surface area contributed by atoms with Crippen molar-refractivity contribution in [3.05, 3.63) is 0 Å². The fourth-order valence-electron chi connectivity index (χ4n) is 2.02. The normalized spacial score (nSPS) is 21.2. The smallest absolute Gasteiger partial charge is 0.121 e. The van der Waals surface area contributed by atoms with E-state index in [0.29, 0.717) is 5.92 Å². The topological polar surface area (TPSA) is 20.2 Å². The van der Waals surface area contributed by atoms with E-state index in [1.54, 1.807) is 0 Å². The van der Waals surface area contributed by atoms with E-state index >= 15 is 0 Å². The number of aliphatic hydroxyl groups excluding tert-OH is 1. The third-order valence-electron chi connectivity index (χ3n) is 3.13. The van der Waals surface area contributed by atoms with Crippen molar-refractivity contribution in [3.63, 3.8) is 0 Å². The maximum absolute atomic E-state index is 13.8.